The fourth-order valence-electron chi connectivity index (χ4n) is 4.65. The SMILES string of the molecule is CC(O)CN(CC=CC(=O)Nc1cc2c(Nc3ccc(F)c(Cl)c3)ncnc2cc1OCC1CCOC1)CC(=O)OC(C)(C)C. The number of carbonyl (C=O) groups is 2. The van der Waals surface area contributed by atoms with E-state index in [0.717, 1.165) is 6.42 Å². The average molecular weight is 644 g/mol. The molecule has 3 aromatic rings. The highest BCUT2D eigenvalue weighted by Crippen LogP contribution is 2.34. The number of nitrogens with zero attached hydrogens (tertiary/aromatic N) is 3. The van der Waals surface area contributed by atoms with Crippen LogP contribution in [0.15, 0.2) is 48.8 Å². The third-order valence-corrected chi connectivity index (χ3v) is 6.89. The van der Waals surface area contributed by atoms with Gasteiger partial charge in [0.05, 0.1) is 42.1 Å². The Kier molecular flexibility index (Phi) is 11.7. The van der Waals surface area contributed by atoms with Crippen LogP contribution in [0.25, 0.3) is 10.9 Å². The maximum atomic E-state index is 13.7. The first-order chi connectivity index (χ1) is 21.4. The lowest BCUT2D eigenvalue weighted by molar-refractivity contribution is -0.156. The number of hydrogen-bond donors (Lipinski definition) is 3. The second-order valence-electron chi connectivity index (χ2n) is 11.9. The monoisotopic (exact) mass is 643 g/mol. The maximum Gasteiger partial charge on any atom is 0.320 e. The average Bonchev–Trinajstić information content (AvgIpc) is 3.46. The van der Waals surface area contributed by atoms with Gasteiger partial charge in [0.25, 0.3) is 0 Å². The van der Waals surface area contributed by atoms with Gasteiger partial charge in [0.1, 0.15) is 29.3 Å². The van der Waals surface area contributed by atoms with Crippen molar-refractivity contribution in [1.82, 2.24) is 14.9 Å². The Bertz CT molecular complexity index is 1520. The zero-order valence-corrected chi connectivity index (χ0v) is 26.6. The summed E-state index contributed by atoms with van der Waals surface area (Å²) in [5.41, 5.74) is 0.827. The summed E-state index contributed by atoms with van der Waals surface area (Å²) in [5.74, 6) is -0.344. The van der Waals surface area contributed by atoms with Crippen molar-refractivity contribution in [2.45, 2.75) is 45.8 Å². The third-order valence-electron chi connectivity index (χ3n) is 6.60. The molecule has 0 bridgehead atoms. The smallest absolute Gasteiger partial charge is 0.320 e. The summed E-state index contributed by atoms with van der Waals surface area (Å²) in [4.78, 5) is 35.9. The molecule has 2 aromatic carbocycles. The Labute approximate surface area is 266 Å². The van der Waals surface area contributed by atoms with E-state index in [4.69, 9.17) is 25.8 Å². The topological polar surface area (TPSA) is 135 Å². The molecule has 0 radical (unpaired) electrons. The van der Waals surface area contributed by atoms with Gasteiger partial charge in [-0.3, -0.25) is 14.5 Å². The molecule has 11 nitrogen and oxygen atoms in total. The summed E-state index contributed by atoms with van der Waals surface area (Å²) in [6.07, 6.45) is 4.54. The van der Waals surface area contributed by atoms with E-state index in [1.807, 2.05) is 0 Å². The first kappa shape index (κ1) is 34.0. The summed E-state index contributed by atoms with van der Waals surface area (Å²) in [6, 6.07) is 7.66. The van der Waals surface area contributed by atoms with E-state index in [1.165, 1.54) is 30.6 Å². The number of esters is 1. The van der Waals surface area contributed by atoms with E-state index in [1.54, 1.807) is 50.8 Å². The number of nitrogens with one attached hydrogen (secondary N) is 2. The summed E-state index contributed by atoms with van der Waals surface area (Å²) < 4.78 is 30.7. The summed E-state index contributed by atoms with van der Waals surface area (Å²) in [7, 11) is 0. The lowest BCUT2D eigenvalue weighted by Crippen LogP contribution is -2.38. The van der Waals surface area contributed by atoms with Gasteiger partial charge in [0.2, 0.25) is 5.91 Å². The van der Waals surface area contributed by atoms with Crippen molar-refractivity contribution >= 4 is 51.6 Å². The molecule has 1 aliphatic heterocycles. The fourth-order valence-corrected chi connectivity index (χ4v) is 4.83. The number of fused-ring (bicyclic) bond motifs is 1. The first-order valence-electron chi connectivity index (χ1n) is 14.7. The van der Waals surface area contributed by atoms with E-state index >= 15 is 0 Å². The van der Waals surface area contributed by atoms with Gasteiger partial charge in [-0.25, -0.2) is 14.4 Å². The second kappa shape index (κ2) is 15.4. The number of carbonyl (C=O) groups excluding carboxylic acids is 2. The Morgan fingerprint density at radius 3 is 2.76 bits per heavy atom. The number of hydrogen-bond acceptors (Lipinski definition) is 10. The molecule has 0 aliphatic carbocycles. The van der Waals surface area contributed by atoms with Crippen molar-refractivity contribution in [2.24, 2.45) is 5.92 Å². The van der Waals surface area contributed by atoms with Gasteiger partial charge in [-0.15, -0.1) is 0 Å². The standard InChI is InChI=1S/C32H39ClFN5O6/c1-20(40)15-39(16-30(42)45-32(2,3)4)10-5-6-29(41)38-27-13-23-26(14-28(27)44-18-21-9-11-43-17-21)35-19-36-31(23)37-22-7-8-25(34)24(33)12-22/h5-8,12-14,19-21,40H,9-11,15-18H2,1-4H3,(H,38,41)(H,35,36,37). The molecule has 0 saturated carbocycles. The molecule has 1 aliphatic rings. The second-order valence-corrected chi connectivity index (χ2v) is 12.3. The van der Waals surface area contributed by atoms with Gasteiger partial charge in [-0.05, 0) is 58.4 Å². The lowest BCUT2D eigenvalue weighted by Gasteiger charge is -2.25. The highest BCUT2D eigenvalue weighted by Gasteiger charge is 2.21. The Morgan fingerprint density at radius 1 is 1.27 bits per heavy atom. The fraction of sp³-hybridized carbons (Fsp3) is 0.438. The molecule has 2 unspecified atom stereocenters. The Balaban J connectivity index is 1.54. The summed E-state index contributed by atoms with van der Waals surface area (Å²) in [5, 5.41) is 16.5. The van der Waals surface area contributed by atoms with Crippen molar-refractivity contribution in [3.05, 3.63) is 59.7 Å². The highest BCUT2D eigenvalue weighted by molar-refractivity contribution is 6.31. The van der Waals surface area contributed by atoms with Crippen molar-refractivity contribution < 1.29 is 33.3 Å². The molecule has 1 aromatic heterocycles. The Hall–Kier alpha value is -3.84. The van der Waals surface area contributed by atoms with Crippen LogP contribution in [-0.2, 0) is 19.1 Å². The Morgan fingerprint density at radius 2 is 2.07 bits per heavy atom. The molecule has 1 saturated heterocycles. The van der Waals surface area contributed by atoms with Crippen LogP contribution in [-0.4, -0.2) is 83.0 Å². The number of aliphatic hydroxyl groups is 1. The molecule has 1 fully saturated rings. The predicted molar refractivity (Wildman–Crippen MR) is 170 cm³/mol. The van der Waals surface area contributed by atoms with Gasteiger partial charge < -0.3 is 30.0 Å². The molecule has 4 rings (SSSR count). The van der Waals surface area contributed by atoms with Crippen LogP contribution in [0.3, 0.4) is 0 Å². The molecule has 2 heterocycles. The zero-order valence-electron chi connectivity index (χ0n) is 25.8. The lowest BCUT2D eigenvalue weighted by atomic mass is 10.1. The van der Waals surface area contributed by atoms with Gasteiger partial charge in [-0.1, -0.05) is 17.7 Å². The number of halogens is 2. The molecular weight excluding hydrogens is 605 g/mol. The van der Waals surface area contributed by atoms with Crippen LogP contribution in [0.5, 0.6) is 5.75 Å². The van der Waals surface area contributed by atoms with Gasteiger partial charge >= 0.3 is 5.97 Å². The maximum absolute atomic E-state index is 13.7. The van der Waals surface area contributed by atoms with E-state index in [2.05, 4.69) is 20.6 Å². The normalized spacial score (nSPS) is 15.9. The van der Waals surface area contributed by atoms with Crippen molar-refractivity contribution in [3.63, 3.8) is 0 Å². The summed E-state index contributed by atoms with van der Waals surface area (Å²) >= 11 is 5.96. The number of ether oxygens (including phenoxy) is 3. The predicted octanol–water partition coefficient (Wildman–Crippen LogP) is 5.10. The molecule has 242 valence electrons. The largest absolute Gasteiger partial charge is 0.491 e. The summed E-state index contributed by atoms with van der Waals surface area (Å²) in [6.45, 7) is 9.03. The number of aromatic nitrogens is 2. The zero-order chi connectivity index (χ0) is 32.6. The molecule has 13 heteroatoms. The van der Waals surface area contributed by atoms with Crippen LogP contribution in [0.1, 0.15) is 34.1 Å². The minimum absolute atomic E-state index is 0.0391. The van der Waals surface area contributed by atoms with Crippen LogP contribution >= 0.6 is 11.6 Å². The van der Waals surface area contributed by atoms with Gasteiger partial charge in [0.15, 0.2) is 0 Å². The highest BCUT2D eigenvalue weighted by atomic mass is 35.5. The van der Waals surface area contributed by atoms with E-state index < -0.39 is 29.4 Å². The van der Waals surface area contributed by atoms with E-state index in [-0.39, 0.29) is 30.6 Å². The van der Waals surface area contributed by atoms with E-state index in [9.17, 15) is 19.1 Å². The molecule has 3 N–H and O–H groups in total. The van der Waals surface area contributed by atoms with Crippen LogP contribution < -0.4 is 15.4 Å². The number of rotatable bonds is 13. The van der Waals surface area contributed by atoms with Crippen LogP contribution in [0.2, 0.25) is 5.02 Å². The number of amides is 1. The quantitative estimate of drug-likeness (QED) is 0.171. The molecule has 2 atom stereocenters. The van der Waals surface area contributed by atoms with Gasteiger partial charge in [0, 0.05) is 48.8 Å². The minimum Gasteiger partial charge on any atom is -0.491 e. The first-order valence-corrected chi connectivity index (χ1v) is 15.0. The van der Waals surface area contributed by atoms with Gasteiger partial charge in [-0.2, -0.15) is 0 Å². The molecule has 0 spiro atoms. The molecule has 1 amide bonds. The van der Waals surface area contributed by atoms with Crippen LogP contribution in [0, 0.1) is 11.7 Å². The molecular formula is C32H39ClFN5O6. The minimum atomic E-state index is -0.687. The van der Waals surface area contributed by atoms with Crippen molar-refractivity contribution in [2.75, 3.05) is 50.1 Å². The number of anilines is 3. The van der Waals surface area contributed by atoms with Crippen LogP contribution in [0.4, 0.5) is 21.6 Å². The number of aliphatic hydroxyl groups excluding tert-OH is 1. The third kappa shape index (κ3) is 10.6. The van der Waals surface area contributed by atoms with Crippen molar-refractivity contribution in [3.8, 4) is 5.75 Å². The number of benzene rings is 2. The van der Waals surface area contributed by atoms with E-state index in [0.29, 0.717) is 53.7 Å². The molecule has 45 heavy (non-hydrogen) atoms. The van der Waals surface area contributed by atoms with Crippen molar-refractivity contribution in [1.29, 1.82) is 0 Å².